The highest BCUT2D eigenvalue weighted by Gasteiger charge is 2.27. The van der Waals surface area contributed by atoms with Gasteiger partial charge in [0, 0.05) is 63.7 Å². The molecule has 0 aliphatic carbocycles. The molecule has 30 heavy (non-hydrogen) atoms. The molecule has 2 heterocycles. The molecule has 0 unspecified atom stereocenters. The normalized spacial score (nSPS) is 18.1. The number of benzene rings is 1. The molecule has 2 aromatic rings. The highest BCUT2D eigenvalue weighted by molar-refractivity contribution is 5.43. The van der Waals surface area contributed by atoms with Gasteiger partial charge < -0.3 is 9.84 Å². The Morgan fingerprint density at radius 3 is 2.60 bits per heavy atom. The molecule has 0 bridgehead atoms. The molecular weight excluding hydrogens is 376 g/mol. The third kappa shape index (κ3) is 5.23. The van der Waals surface area contributed by atoms with E-state index < -0.39 is 0 Å². The Hall–Kier alpha value is -1.89. The van der Waals surface area contributed by atoms with E-state index in [2.05, 4.69) is 65.6 Å². The quantitative estimate of drug-likeness (QED) is 0.682. The molecule has 1 fully saturated rings. The third-order valence-electron chi connectivity index (χ3n) is 6.49. The summed E-state index contributed by atoms with van der Waals surface area (Å²) < 4.78 is 7.54. The maximum atomic E-state index is 9.68. The second-order valence-corrected chi connectivity index (χ2v) is 8.55. The van der Waals surface area contributed by atoms with Gasteiger partial charge in [-0.05, 0) is 56.4 Å². The topological polar surface area (TPSA) is 53.8 Å². The summed E-state index contributed by atoms with van der Waals surface area (Å²) in [4.78, 5) is 5.05. The van der Waals surface area contributed by atoms with Gasteiger partial charge in [0.1, 0.15) is 5.75 Å². The van der Waals surface area contributed by atoms with Crippen molar-refractivity contribution in [3.8, 4) is 5.75 Å². The lowest BCUT2D eigenvalue weighted by molar-refractivity contribution is 0.0497. The van der Waals surface area contributed by atoms with Gasteiger partial charge in [-0.25, -0.2) is 0 Å². The lowest BCUT2D eigenvalue weighted by atomic mass is 10.00. The minimum Gasteiger partial charge on any atom is -0.496 e. The first-order chi connectivity index (χ1) is 14.5. The molecular formula is C24H38N4O2. The molecule has 0 saturated carbocycles. The van der Waals surface area contributed by atoms with Gasteiger partial charge in [0.25, 0.3) is 0 Å². The van der Waals surface area contributed by atoms with Crippen LogP contribution in [-0.4, -0.2) is 64.1 Å². The van der Waals surface area contributed by atoms with Crippen LogP contribution in [0.5, 0.6) is 5.75 Å². The smallest absolute Gasteiger partial charge is 0.122 e. The van der Waals surface area contributed by atoms with Crippen LogP contribution in [0.1, 0.15) is 47.7 Å². The zero-order chi connectivity index (χ0) is 21.7. The van der Waals surface area contributed by atoms with E-state index in [4.69, 9.17) is 4.74 Å². The molecule has 1 atom stereocenters. The van der Waals surface area contributed by atoms with Crippen molar-refractivity contribution in [2.24, 2.45) is 0 Å². The van der Waals surface area contributed by atoms with Crippen LogP contribution in [0.3, 0.4) is 0 Å². The number of ether oxygens (including phenoxy) is 1. The average molecular weight is 415 g/mol. The van der Waals surface area contributed by atoms with Crippen LogP contribution in [0.4, 0.5) is 0 Å². The molecule has 1 N–H and O–H groups in total. The van der Waals surface area contributed by atoms with Crippen molar-refractivity contribution in [3.05, 3.63) is 46.3 Å². The van der Waals surface area contributed by atoms with Gasteiger partial charge in [0.05, 0.1) is 12.8 Å². The predicted octanol–water partition coefficient (Wildman–Crippen LogP) is 3.30. The first kappa shape index (κ1) is 22.8. The number of nitrogens with zero attached hydrogens (tertiary/aromatic N) is 4. The van der Waals surface area contributed by atoms with Crippen molar-refractivity contribution in [2.75, 3.05) is 33.4 Å². The number of methoxy groups -OCH3 is 1. The van der Waals surface area contributed by atoms with Gasteiger partial charge in [0.2, 0.25) is 0 Å². The summed E-state index contributed by atoms with van der Waals surface area (Å²) in [6, 6.07) is 4.62. The van der Waals surface area contributed by atoms with Crippen molar-refractivity contribution < 1.29 is 9.84 Å². The fourth-order valence-corrected chi connectivity index (χ4v) is 4.49. The second kappa shape index (κ2) is 10.4. The van der Waals surface area contributed by atoms with Crippen LogP contribution in [0.2, 0.25) is 0 Å². The lowest BCUT2D eigenvalue weighted by Crippen LogP contribution is -2.52. The van der Waals surface area contributed by atoms with Crippen molar-refractivity contribution in [2.45, 2.75) is 66.2 Å². The van der Waals surface area contributed by atoms with E-state index in [0.29, 0.717) is 6.04 Å². The Kier molecular flexibility index (Phi) is 7.92. The van der Waals surface area contributed by atoms with E-state index >= 15 is 0 Å². The van der Waals surface area contributed by atoms with E-state index in [1.165, 1.54) is 22.3 Å². The van der Waals surface area contributed by atoms with Crippen LogP contribution >= 0.6 is 0 Å². The fraction of sp³-hybridized carbons (Fsp3) is 0.625. The van der Waals surface area contributed by atoms with E-state index in [-0.39, 0.29) is 6.61 Å². The number of aryl methyl sites for hydroxylation is 2. The van der Waals surface area contributed by atoms with Crippen molar-refractivity contribution in [1.29, 1.82) is 0 Å². The molecule has 166 valence electrons. The summed E-state index contributed by atoms with van der Waals surface area (Å²) in [7, 11) is 1.73. The number of aromatic nitrogens is 2. The largest absolute Gasteiger partial charge is 0.496 e. The zero-order valence-electron chi connectivity index (χ0n) is 19.3. The fourth-order valence-electron chi connectivity index (χ4n) is 4.49. The minimum atomic E-state index is 0.225. The zero-order valence-corrected chi connectivity index (χ0v) is 19.3. The minimum absolute atomic E-state index is 0.225. The van der Waals surface area contributed by atoms with Crippen LogP contribution < -0.4 is 4.74 Å². The highest BCUT2D eigenvalue weighted by atomic mass is 16.5. The molecule has 3 rings (SSSR count). The Morgan fingerprint density at radius 1 is 1.10 bits per heavy atom. The van der Waals surface area contributed by atoms with Crippen LogP contribution in [0.25, 0.3) is 0 Å². The first-order valence-corrected chi connectivity index (χ1v) is 11.2. The van der Waals surface area contributed by atoms with Crippen molar-refractivity contribution >= 4 is 0 Å². The summed E-state index contributed by atoms with van der Waals surface area (Å²) in [5, 5.41) is 14.3. The first-order valence-electron chi connectivity index (χ1n) is 11.2. The van der Waals surface area contributed by atoms with Crippen molar-refractivity contribution in [1.82, 2.24) is 19.6 Å². The number of aliphatic hydroxyl groups excluding tert-OH is 1. The van der Waals surface area contributed by atoms with E-state index in [9.17, 15) is 5.11 Å². The summed E-state index contributed by atoms with van der Waals surface area (Å²) in [5.41, 5.74) is 6.32. The maximum Gasteiger partial charge on any atom is 0.122 e. The lowest BCUT2D eigenvalue weighted by Gasteiger charge is -2.41. The monoisotopic (exact) mass is 414 g/mol. The van der Waals surface area contributed by atoms with Crippen LogP contribution in [-0.2, 0) is 19.6 Å². The Morgan fingerprint density at radius 2 is 1.90 bits per heavy atom. The van der Waals surface area contributed by atoms with E-state index in [0.717, 1.165) is 63.6 Å². The molecule has 1 aliphatic rings. The molecule has 6 nitrogen and oxygen atoms in total. The highest BCUT2D eigenvalue weighted by Crippen LogP contribution is 2.26. The average Bonchev–Trinajstić information content (AvgIpc) is 3.06. The van der Waals surface area contributed by atoms with Crippen molar-refractivity contribution in [3.63, 3.8) is 0 Å². The molecule has 1 aliphatic heterocycles. The molecule has 0 radical (unpaired) electrons. The third-order valence-corrected chi connectivity index (χ3v) is 6.49. The maximum absolute atomic E-state index is 9.68. The van der Waals surface area contributed by atoms with Gasteiger partial charge in [-0.1, -0.05) is 13.0 Å². The molecule has 0 amide bonds. The number of rotatable bonds is 9. The standard InChI is InChI=1S/C24H38N4O2/c1-6-10-28-16-22(20(4)25-28)14-26-11-12-27(23(17-26)9-13-29)15-21-7-8-24(30-5)19(3)18(21)2/h7-8,16,23,29H,6,9-15,17H2,1-5H3/t23-/m0/s1. The number of hydrogen-bond acceptors (Lipinski definition) is 5. The molecule has 1 saturated heterocycles. The number of aliphatic hydroxyl groups is 1. The molecule has 6 heteroatoms. The van der Waals surface area contributed by atoms with Gasteiger partial charge in [0.15, 0.2) is 0 Å². The molecule has 1 aromatic carbocycles. The molecule has 1 aromatic heterocycles. The summed E-state index contributed by atoms with van der Waals surface area (Å²) in [6.07, 6.45) is 4.11. The van der Waals surface area contributed by atoms with Crippen LogP contribution in [0, 0.1) is 20.8 Å². The Balaban J connectivity index is 1.67. The van der Waals surface area contributed by atoms with Gasteiger partial charge in [-0.3, -0.25) is 14.5 Å². The van der Waals surface area contributed by atoms with Gasteiger partial charge in [-0.2, -0.15) is 5.10 Å². The SMILES string of the molecule is CCCn1cc(CN2CCN(Cc3ccc(OC)c(C)c3C)[C@@H](CCO)C2)c(C)n1. The van der Waals surface area contributed by atoms with E-state index in [1.807, 2.05) is 0 Å². The van der Waals surface area contributed by atoms with Gasteiger partial charge in [-0.15, -0.1) is 0 Å². The summed E-state index contributed by atoms with van der Waals surface area (Å²) in [6.45, 7) is 14.7. The second-order valence-electron chi connectivity index (χ2n) is 8.55. The number of piperazine rings is 1. The summed E-state index contributed by atoms with van der Waals surface area (Å²) >= 11 is 0. The Bertz CT molecular complexity index is 833. The molecule has 0 spiro atoms. The van der Waals surface area contributed by atoms with Gasteiger partial charge >= 0.3 is 0 Å². The van der Waals surface area contributed by atoms with E-state index in [1.54, 1.807) is 7.11 Å². The number of hydrogen-bond donors (Lipinski definition) is 1. The Labute approximate surface area is 181 Å². The summed E-state index contributed by atoms with van der Waals surface area (Å²) in [5.74, 6) is 0.951. The predicted molar refractivity (Wildman–Crippen MR) is 121 cm³/mol. The van der Waals surface area contributed by atoms with Crippen LogP contribution in [0.15, 0.2) is 18.3 Å².